The number of aromatic nitrogens is 6. The zero-order chi connectivity index (χ0) is 38.7. The van der Waals surface area contributed by atoms with Gasteiger partial charge in [0.05, 0.1) is 44.9 Å². The number of hydrogen-bond acceptors (Lipinski definition) is 8. The molecule has 0 aliphatic carbocycles. The Morgan fingerprint density at radius 2 is 0.948 bits per heavy atom. The number of nitrogens with zero attached hydrogens (tertiary/aromatic N) is 4. The van der Waals surface area contributed by atoms with Crippen molar-refractivity contribution < 1.29 is 9.59 Å². The first kappa shape index (κ1) is 42.4. The zero-order valence-electron chi connectivity index (χ0n) is 30.4. The second-order valence-corrected chi connectivity index (χ2v) is 14.4. The molecule has 0 atom stereocenters. The molecule has 58 heavy (non-hydrogen) atoms. The fraction of sp³-hybridized carbons (Fsp3) is 0.0870. The van der Waals surface area contributed by atoms with Gasteiger partial charge in [-0.2, -0.15) is 10.2 Å². The van der Waals surface area contributed by atoms with Crippen molar-refractivity contribution in [2.24, 2.45) is 0 Å². The quantitative estimate of drug-likeness (QED) is 0.107. The lowest BCUT2D eigenvalue weighted by atomic mass is 10.2. The Morgan fingerprint density at radius 3 is 1.34 bits per heavy atom. The first-order valence-electron chi connectivity index (χ1n) is 17.6. The average molecular weight is 805 g/mol. The Morgan fingerprint density at radius 1 is 0.534 bits per heavy atom. The van der Waals surface area contributed by atoms with Gasteiger partial charge < -0.3 is 10.6 Å². The smallest absolute Gasteiger partial charge is 0.252 e. The number of fused-ring (bicyclic) bond motifs is 2. The molecular weight excluding hydrogens is 761 g/mol. The van der Waals surface area contributed by atoms with E-state index in [2.05, 4.69) is 41.0 Å². The third-order valence-electron chi connectivity index (χ3n) is 8.50. The highest BCUT2D eigenvalue weighted by atomic mass is 32.2. The van der Waals surface area contributed by atoms with Crippen LogP contribution in [0.2, 0.25) is 0 Å². The van der Waals surface area contributed by atoms with Gasteiger partial charge in [-0.05, 0) is 109 Å². The summed E-state index contributed by atoms with van der Waals surface area (Å²) >= 11 is 3.11. The van der Waals surface area contributed by atoms with Crippen molar-refractivity contribution in [1.82, 2.24) is 41.0 Å². The van der Waals surface area contributed by atoms with E-state index in [-0.39, 0.29) is 26.7 Å². The molecule has 4 aromatic heterocycles. The summed E-state index contributed by atoms with van der Waals surface area (Å²) in [6.07, 6.45) is 11.3. The van der Waals surface area contributed by atoms with Crippen LogP contribution in [0.4, 0.5) is 0 Å². The number of amides is 2. The van der Waals surface area contributed by atoms with Gasteiger partial charge in [-0.1, -0.05) is 74.8 Å². The van der Waals surface area contributed by atoms with E-state index in [1.807, 2.05) is 146 Å². The molecule has 12 heteroatoms. The van der Waals surface area contributed by atoms with Crippen LogP contribution in [-0.4, -0.2) is 56.3 Å². The van der Waals surface area contributed by atoms with Crippen LogP contribution in [0.5, 0.6) is 0 Å². The number of aromatic amines is 2. The highest BCUT2D eigenvalue weighted by Crippen LogP contribution is 2.34. The lowest BCUT2D eigenvalue weighted by Crippen LogP contribution is -2.18. The molecule has 4 heterocycles. The molecule has 0 saturated carbocycles. The number of H-pyrrole nitrogens is 2. The summed E-state index contributed by atoms with van der Waals surface area (Å²) in [7, 11) is 3.28. The molecule has 0 spiro atoms. The lowest BCUT2D eigenvalue weighted by molar-refractivity contribution is 0.0952. The summed E-state index contributed by atoms with van der Waals surface area (Å²) in [5.74, 6) is -0.180. The lowest BCUT2D eigenvalue weighted by Gasteiger charge is -2.08. The van der Waals surface area contributed by atoms with Gasteiger partial charge in [0, 0.05) is 56.8 Å². The monoisotopic (exact) mass is 804 g/mol. The number of carbonyl (C=O) groups excluding carboxylic acids is 2. The van der Waals surface area contributed by atoms with Crippen molar-refractivity contribution >= 4 is 81.4 Å². The molecule has 0 unspecified atom stereocenters. The van der Waals surface area contributed by atoms with E-state index in [0.717, 1.165) is 64.2 Å². The number of nitrogens with one attached hydrogen (secondary N) is 4. The minimum Gasteiger partial charge on any atom is -0.355 e. The van der Waals surface area contributed by atoms with Gasteiger partial charge in [0.15, 0.2) is 0 Å². The Kier molecular flexibility index (Phi) is 14.9. The fourth-order valence-corrected chi connectivity index (χ4v) is 7.68. The largest absolute Gasteiger partial charge is 0.355 e. The van der Waals surface area contributed by atoms with E-state index in [0.29, 0.717) is 11.1 Å². The third-order valence-corrected chi connectivity index (χ3v) is 10.6. The first-order chi connectivity index (χ1) is 27.5. The number of rotatable bonds is 10. The van der Waals surface area contributed by atoms with Gasteiger partial charge in [-0.15, -0.1) is 0 Å². The molecule has 0 aliphatic rings. The second-order valence-electron chi connectivity index (χ2n) is 12.2. The summed E-state index contributed by atoms with van der Waals surface area (Å²) < 4.78 is 0. The number of pyridine rings is 2. The molecule has 0 saturated heterocycles. The van der Waals surface area contributed by atoms with Crippen LogP contribution < -0.4 is 10.6 Å². The Labute approximate surface area is 346 Å². The minimum atomic E-state index is -0.0901. The number of benzene rings is 4. The molecule has 292 valence electrons. The second kappa shape index (κ2) is 20.4. The molecule has 8 aromatic rings. The maximum absolute atomic E-state index is 12.1. The molecule has 0 bridgehead atoms. The summed E-state index contributed by atoms with van der Waals surface area (Å²) in [6, 6.07) is 39.0. The molecule has 0 aliphatic heterocycles. The summed E-state index contributed by atoms with van der Waals surface area (Å²) in [6.45, 7) is 0. The fourth-order valence-electron chi connectivity index (χ4n) is 5.71. The molecule has 10 nitrogen and oxygen atoms in total. The van der Waals surface area contributed by atoms with Crippen LogP contribution in [0.25, 0.3) is 46.1 Å². The number of carbonyl (C=O) groups is 2. The van der Waals surface area contributed by atoms with Crippen molar-refractivity contribution in [2.45, 2.75) is 34.4 Å². The molecule has 0 radical (unpaired) electrons. The molecule has 8 rings (SSSR count). The van der Waals surface area contributed by atoms with Crippen molar-refractivity contribution in [3.05, 3.63) is 168 Å². The van der Waals surface area contributed by atoms with Gasteiger partial charge in [0.2, 0.25) is 0 Å². The Hall–Kier alpha value is -6.76. The van der Waals surface area contributed by atoms with E-state index >= 15 is 0 Å². The highest BCUT2D eigenvalue weighted by molar-refractivity contribution is 7.99. The summed E-state index contributed by atoms with van der Waals surface area (Å²) in [5, 5.41) is 22.4. The van der Waals surface area contributed by atoms with Gasteiger partial charge in [0.1, 0.15) is 0 Å². The van der Waals surface area contributed by atoms with Crippen molar-refractivity contribution in [3.8, 4) is 0 Å². The predicted molar refractivity (Wildman–Crippen MR) is 240 cm³/mol. The van der Waals surface area contributed by atoms with E-state index < -0.39 is 0 Å². The van der Waals surface area contributed by atoms with Gasteiger partial charge in [-0.25, -0.2) is 0 Å². The van der Waals surface area contributed by atoms with E-state index in [4.69, 9.17) is 0 Å². The minimum absolute atomic E-state index is 0. The highest BCUT2D eigenvalue weighted by Gasteiger charge is 2.13. The van der Waals surface area contributed by atoms with E-state index in [9.17, 15) is 9.59 Å². The molecule has 0 fully saturated rings. The van der Waals surface area contributed by atoms with Gasteiger partial charge in [0.25, 0.3) is 11.8 Å². The summed E-state index contributed by atoms with van der Waals surface area (Å²) in [5.41, 5.74) is 6.72. The first-order valence-corrected chi connectivity index (χ1v) is 19.2. The zero-order valence-corrected chi connectivity index (χ0v) is 32.1. The predicted octanol–water partition coefficient (Wildman–Crippen LogP) is 10.6. The van der Waals surface area contributed by atoms with Crippen LogP contribution in [0.15, 0.2) is 153 Å². The molecule has 2 amide bonds. The normalized spacial score (nSPS) is 10.8. The van der Waals surface area contributed by atoms with Crippen molar-refractivity contribution in [1.29, 1.82) is 0 Å². The average Bonchev–Trinajstić information content (AvgIpc) is 3.86. The van der Waals surface area contributed by atoms with Gasteiger partial charge >= 0.3 is 0 Å². The van der Waals surface area contributed by atoms with Crippen molar-refractivity contribution in [3.63, 3.8) is 0 Å². The molecule has 4 aromatic carbocycles. The topological polar surface area (TPSA) is 141 Å². The van der Waals surface area contributed by atoms with Crippen LogP contribution in [0.1, 0.15) is 58.3 Å². The van der Waals surface area contributed by atoms with Crippen LogP contribution in [0, 0.1) is 0 Å². The van der Waals surface area contributed by atoms with Gasteiger partial charge in [-0.3, -0.25) is 29.8 Å². The van der Waals surface area contributed by atoms with Crippen LogP contribution in [-0.2, 0) is 0 Å². The maximum atomic E-state index is 12.1. The maximum Gasteiger partial charge on any atom is 0.252 e. The van der Waals surface area contributed by atoms with Crippen molar-refractivity contribution in [2.75, 3.05) is 14.1 Å². The Balaban J connectivity index is 0.000000214. The van der Waals surface area contributed by atoms with Crippen LogP contribution in [0.3, 0.4) is 0 Å². The van der Waals surface area contributed by atoms with E-state index in [1.54, 1.807) is 50.0 Å². The SMILES string of the molecule is C.C.CNC(=O)c1ccccc1Sc1ccc2c(/C=C/c3ccccn3)n[nH]c2c1.CNC(=O)c1ccccc1Sc1ccc2c(/C=C/c3ccccn3)n[nH]c2c1. The molecule has 4 N–H and O–H groups in total. The van der Waals surface area contributed by atoms with Crippen LogP contribution >= 0.6 is 23.5 Å². The third kappa shape index (κ3) is 10.3. The van der Waals surface area contributed by atoms with E-state index in [1.165, 1.54) is 0 Å². The summed E-state index contributed by atoms with van der Waals surface area (Å²) in [4.78, 5) is 36.6. The molecular formula is C46H44N8O2S2. The number of hydrogen-bond donors (Lipinski definition) is 4. The Bertz CT molecular complexity index is 2490. The standard InChI is InChI=1S/2C22H18N4OS.2CH4/c2*1-23-22(27)18-7-2-3-8-21(18)28-16-10-11-17-19(25-26-20(17)14-16)12-9-15-6-4-5-13-24-15;;/h2*2-14H,1H3,(H,23,27)(H,25,26);2*1H4/b2*12-9+;;.